The van der Waals surface area contributed by atoms with Crippen LogP contribution in [0.1, 0.15) is 50.1 Å². The van der Waals surface area contributed by atoms with Crippen molar-refractivity contribution in [3.8, 4) is 34.5 Å². The van der Waals surface area contributed by atoms with Crippen LogP contribution in [0, 0.1) is 0 Å². The van der Waals surface area contributed by atoms with E-state index in [0.29, 0.717) is 0 Å². The van der Waals surface area contributed by atoms with Crippen LogP contribution in [0.2, 0.25) is 0 Å². The van der Waals surface area contributed by atoms with E-state index in [2.05, 4.69) is 237 Å². The Morgan fingerprint density at radius 3 is 0.486 bits per heavy atom. The first kappa shape index (κ1) is 47.3. The molecule has 0 aliphatic rings. The van der Waals surface area contributed by atoms with E-state index in [1.165, 1.54) is 0 Å². The smallest absolute Gasteiger partial charge is 0.118 e. The molecular weight excluding hydrogens is 884 g/mol. The summed E-state index contributed by atoms with van der Waals surface area (Å²) in [5.74, 6) is 4.52. The highest BCUT2D eigenvalue weighted by Gasteiger charge is 2.65. The third-order valence-electron chi connectivity index (χ3n) is 13.6. The second-order valence-electron chi connectivity index (χ2n) is 16.9. The van der Waals surface area contributed by atoms with Crippen LogP contribution in [0.3, 0.4) is 0 Å². The quantitative estimate of drug-likeness (QED) is 0.0631. The van der Waals surface area contributed by atoms with Crippen LogP contribution in [-0.4, -0.2) is 42.7 Å². The van der Waals surface area contributed by atoms with Gasteiger partial charge in [-0.25, -0.2) is 0 Å². The van der Waals surface area contributed by atoms with E-state index in [-0.39, 0.29) is 0 Å². The molecule has 0 aliphatic heterocycles. The van der Waals surface area contributed by atoms with Crippen molar-refractivity contribution in [3.63, 3.8) is 0 Å². The van der Waals surface area contributed by atoms with E-state index < -0.39 is 23.4 Å². The maximum absolute atomic E-state index is 5.96. The molecule has 70 heavy (non-hydrogen) atoms. The summed E-state index contributed by atoms with van der Waals surface area (Å²) in [6.45, 7) is 0. The summed E-state index contributed by atoms with van der Waals surface area (Å²) in [6.07, 6.45) is 0. The average molecular weight is 941 g/mol. The van der Waals surface area contributed by atoms with Crippen LogP contribution < -0.4 is 28.4 Å². The Bertz CT molecular complexity index is 2570. The molecule has 0 bridgehead atoms. The van der Waals surface area contributed by atoms with Gasteiger partial charge in [-0.05, 0) is 131 Å². The largest absolute Gasteiger partial charge is 0.497 e. The SMILES string of the molecule is COc1ccc(C(c2ccccc2)(c2ccc(OC)cc2)P(C(c2ccccc2)(c2ccc(OC)cc2)c2ccc(OC)cc2)C(c2ccccc2)(c2ccc(OC)cc2)c2ccc(OC)cc2)cc1. The molecule has 0 spiro atoms. The minimum absolute atomic E-state index is 0.754. The Balaban J connectivity index is 1.68. The number of hydrogen-bond donors (Lipinski definition) is 0. The molecule has 0 N–H and O–H groups in total. The molecule has 0 radical (unpaired) electrons. The summed E-state index contributed by atoms with van der Waals surface area (Å²) in [6, 6.07) is 85.5. The highest BCUT2D eigenvalue weighted by Crippen LogP contribution is 2.85. The molecule has 0 atom stereocenters. The molecule has 0 fully saturated rings. The summed E-state index contributed by atoms with van der Waals surface area (Å²) >= 11 is 0. The standard InChI is InChI=1S/C63H57O6P/c1-64-55-34-22-49(23-35-55)61(46-16-10-7-11-17-46,50-24-36-56(65-2)37-25-50)70(62(47-18-12-8-13-19-47,51-26-38-57(66-3)39-27-51)52-28-40-58(67-4)41-29-52)63(48-20-14-9-15-21-48,53-30-42-59(68-5)43-31-53)54-32-44-60(69-6)45-33-54/h7-45H,1-6H3. The molecule has 0 amide bonds. The third kappa shape index (κ3) is 8.22. The van der Waals surface area contributed by atoms with Crippen molar-refractivity contribution in [1.82, 2.24) is 0 Å². The van der Waals surface area contributed by atoms with Gasteiger partial charge in [-0.2, -0.15) is 0 Å². The average Bonchev–Trinajstić information content (AvgIpc) is 3.45. The van der Waals surface area contributed by atoms with Gasteiger partial charge in [0, 0.05) is 0 Å². The van der Waals surface area contributed by atoms with Crippen molar-refractivity contribution < 1.29 is 28.4 Å². The number of rotatable bonds is 18. The Morgan fingerprint density at radius 1 is 0.200 bits per heavy atom. The summed E-state index contributed by atoms with van der Waals surface area (Å²) in [5.41, 5.74) is 9.71. The summed E-state index contributed by atoms with van der Waals surface area (Å²) < 4.78 is 35.8. The van der Waals surface area contributed by atoms with Crippen LogP contribution in [-0.2, 0) is 15.5 Å². The topological polar surface area (TPSA) is 55.4 Å². The number of hydrogen-bond acceptors (Lipinski definition) is 6. The molecule has 9 aromatic carbocycles. The number of benzene rings is 9. The fraction of sp³-hybridized carbons (Fsp3) is 0.143. The second-order valence-corrected chi connectivity index (χ2v) is 19.6. The molecule has 9 rings (SSSR count). The first-order valence-corrected chi connectivity index (χ1v) is 24.6. The predicted molar refractivity (Wildman–Crippen MR) is 284 cm³/mol. The Hall–Kier alpha value is -7.79. The highest BCUT2D eigenvalue weighted by atomic mass is 31.1. The van der Waals surface area contributed by atoms with Crippen molar-refractivity contribution in [2.45, 2.75) is 15.5 Å². The summed E-state index contributed by atoms with van der Waals surface area (Å²) in [4.78, 5) is 0. The molecule has 9 aromatic rings. The van der Waals surface area contributed by atoms with E-state index in [0.717, 1.165) is 84.6 Å². The molecule has 0 aliphatic carbocycles. The van der Waals surface area contributed by atoms with Gasteiger partial charge in [-0.1, -0.05) is 164 Å². The normalized spacial score (nSPS) is 11.7. The van der Waals surface area contributed by atoms with Gasteiger partial charge in [0.15, 0.2) is 0 Å². The van der Waals surface area contributed by atoms with Crippen LogP contribution in [0.4, 0.5) is 0 Å². The van der Waals surface area contributed by atoms with Gasteiger partial charge in [0.05, 0.1) is 58.1 Å². The maximum Gasteiger partial charge on any atom is 0.118 e. The van der Waals surface area contributed by atoms with Crippen LogP contribution in [0.25, 0.3) is 0 Å². The molecule has 0 unspecified atom stereocenters. The second kappa shape index (κ2) is 20.8. The van der Waals surface area contributed by atoms with E-state index in [4.69, 9.17) is 28.4 Å². The molecule has 0 aromatic heterocycles. The first-order valence-electron chi connectivity index (χ1n) is 23.3. The molecule has 0 heterocycles. The van der Waals surface area contributed by atoms with E-state index in [9.17, 15) is 0 Å². The first-order chi connectivity index (χ1) is 34.4. The Labute approximate surface area is 413 Å². The Kier molecular flexibility index (Phi) is 14.1. The van der Waals surface area contributed by atoms with Gasteiger partial charge < -0.3 is 28.4 Å². The molecule has 0 saturated carbocycles. The van der Waals surface area contributed by atoms with Gasteiger partial charge in [-0.3, -0.25) is 0 Å². The van der Waals surface area contributed by atoms with Gasteiger partial charge in [0.2, 0.25) is 0 Å². The van der Waals surface area contributed by atoms with Gasteiger partial charge in [0.25, 0.3) is 0 Å². The van der Waals surface area contributed by atoms with Gasteiger partial charge in [-0.15, -0.1) is 0 Å². The van der Waals surface area contributed by atoms with Gasteiger partial charge >= 0.3 is 0 Å². The molecule has 7 heteroatoms. The van der Waals surface area contributed by atoms with Crippen LogP contribution in [0.5, 0.6) is 34.5 Å². The van der Waals surface area contributed by atoms with Crippen LogP contribution >= 0.6 is 7.92 Å². The third-order valence-corrected chi connectivity index (χ3v) is 18.0. The van der Waals surface area contributed by atoms with E-state index in [1.54, 1.807) is 42.7 Å². The van der Waals surface area contributed by atoms with Crippen molar-refractivity contribution >= 4 is 7.92 Å². The highest BCUT2D eigenvalue weighted by molar-refractivity contribution is 7.63. The summed E-state index contributed by atoms with van der Waals surface area (Å²) in [5, 5.41) is -3.08. The van der Waals surface area contributed by atoms with E-state index >= 15 is 0 Å². The molecule has 350 valence electrons. The lowest BCUT2D eigenvalue weighted by atomic mass is 9.81. The molecular formula is C63H57O6P. The minimum Gasteiger partial charge on any atom is -0.497 e. The summed E-state index contributed by atoms with van der Waals surface area (Å²) in [7, 11) is 8.40. The van der Waals surface area contributed by atoms with Crippen molar-refractivity contribution in [3.05, 3.63) is 287 Å². The maximum atomic E-state index is 5.96. The zero-order valence-electron chi connectivity index (χ0n) is 40.4. The molecule has 6 nitrogen and oxygen atoms in total. The van der Waals surface area contributed by atoms with E-state index in [1.807, 2.05) is 0 Å². The lowest BCUT2D eigenvalue weighted by molar-refractivity contribution is 0.414. The predicted octanol–water partition coefficient (Wildman–Crippen LogP) is 14.5. The Morgan fingerprint density at radius 2 is 0.343 bits per heavy atom. The minimum atomic E-state index is -1.92. The van der Waals surface area contributed by atoms with Crippen molar-refractivity contribution in [2.24, 2.45) is 0 Å². The number of methoxy groups -OCH3 is 6. The van der Waals surface area contributed by atoms with Gasteiger partial charge in [0.1, 0.15) is 34.5 Å². The molecule has 0 saturated heterocycles. The monoisotopic (exact) mass is 940 g/mol. The zero-order chi connectivity index (χ0) is 48.6. The fourth-order valence-corrected chi connectivity index (χ4v) is 15.6. The fourth-order valence-electron chi connectivity index (χ4n) is 10.4. The zero-order valence-corrected chi connectivity index (χ0v) is 41.3. The lowest BCUT2D eigenvalue weighted by Crippen LogP contribution is -2.47. The van der Waals surface area contributed by atoms with Crippen LogP contribution in [0.15, 0.2) is 237 Å². The lowest BCUT2D eigenvalue weighted by Gasteiger charge is -2.61. The number of ether oxygens (including phenoxy) is 6. The van der Waals surface area contributed by atoms with Crippen molar-refractivity contribution in [1.29, 1.82) is 0 Å². The van der Waals surface area contributed by atoms with Crippen molar-refractivity contribution in [2.75, 3.05) is 42.7 Å².